The van der Waals surface area contributed by atoms with Crippen molar-refractivity contribution in [3.8, 4) is 6.07 Å². The van der Waals surface area contributed by atoms with E-state index in [2.05, 4.69) is 6.92 Å². The predicted molar refractivity (Wildman–Crippen MR) is 91.5 cm³/mol. The summed E-state index contributed by atoms with van der Waals surface area (Å²) < 4.78 is 18.4. The fourth-order valence-corrected chi connectivity index (χ4v) is 3.80. The van der Waals surface area contributed by atoms with Crippen molar-refractivity contribution in [1.29, 1.82) is 5.26 Å². The summed E-state index contributed by atoms with van der Waals surface area (Å²) in [5.41, 5.74) is 0. The number of esters is 1. The van der Waals surface area contributed by atoms with Gasteiger partial charge in [-0.25, -0.2) is 0 Å². The van der Waals surface area contributed by atoms with Gasteiger partial charge in [-0.2, -0.15) is 9.65 Å². The topological polar surface area (TPSA) is 50.1 Å². The van der Waals surface area contributed by atoms with Crippen molar-refractivity contribution in [3.05, 3.63) is 24.1 Å². The van der Waals surface area contributed by atoms with Gasteiger partial charge < -0.3 is 4.74 Å². The number of nitriles is 1. The summed E-state index contributed by atoms with van der Waals surface area (Å²) in [7, 11) is 0. The summed E-state index contributed by atoms with van der Waals surface area (Å²) in [6.45, 7) is 2.23. The Kier molecular flexibility index (Phi) is 7.49. The van der Waals surface area contributed by atoms with Crippen molar-refractivity contribution in [1.82, 2.24) is 0 Å². The SMILES string of the molecule is CC[C@H]1CC[C@H](OC(=O)[C@H]2CC[C@H](C=CC=C(F)C#N)CC2)CC1. The zero-order valence-electron chi connectivity index (χ0n) is 14.5. The first-order valence-corrected chi connectivity index (χ1v) is 9.27. The van der Waals surface area contributed by atoms with Gasteiger partial charge in [0.05, 0.1) is 5.92 Å². The lowest BCUT2D eigenvalue weighted by Crippen LogP contribution is -2.29. The Balaban J connectivity index is 1.70. The van der Waals surface area contributed by atoms with Crippen LogP contribution in [0.2, 0.25) is 0 Å². The standard InChI is InChI=1S/C20H28FNO2/c1-2-15-8-12-19(13-9-15)24-20(23)17-10-6-16(7-11-17)4-3-5-18(21)14-22/h3-5,15-17,19H,2,6-13H2,1H3/t15-,16-,17-,19-. The summed E-state index contributed by atoms with van der Waals surface area (Å²) in [5.74, 6) is 0.387. The largest absolute Gasteiger partial charge is 0.462 e. The Hall–Kier alpha value is -1.63. The average Bonchev–Trinajstić information content (AvgIpc) is 2.62. The fraction of sp³-hybridized carbons (Fsp3) is 0.700. The van der Waals surface area contributed by atoms with Crippen LogP contribution >= 0.6 is 0 Å². The third kappa shape index (κ3) is 5.78. The number of carbonyl (C=O) groups is 1. The smallest absolute Gasteiger partial charge is 0.309 e. The lowest BCUT2D eigenvalue weighted by Gasteiger charge is -2.30. The molecule has 2 rings (SSSR count). The molecule has 0 amide bonds. The second-order valence-corrected chi connectivity index (χ2v) is 7.11. The Morgan fingerprint density at radius 3 is 2.42 bits per heavy atom. The molecule has 132 valence electrons. The van der Waals surface area contributed by atoms with Crippen LogP contribution in [0, 0.1) is 29.1 Å². The number of rotatable bonds is 5. The van der Waals surface area contributed by atoms with E-state index in [1.807, 2.05) is 6.08 Å². The van der Waals surface area contributed by atoms with Crippen LogP contribution < -0.4 is 0 Å². The highest BCUT2D eigenvalue weighted by Crippen LogP contribution is 2.33. The molecule has 2 aliphatic rings. The van der Waals surface area contributed by atoms with Crippen LogP contribution in [0.4, 0.5) is 4.39 Å². The van der Waals surface area contributed by atoms with Crippen molar-refractivity contribution in [3.63, 3.8) is 0 Å². The summed E-state index contributed by atoms with van der Waals surface area (Å²) in [6, 6.07) is 1.45. The second-order valence-electron chi connectivity index (χ2n) is 7.11. The summed E-state index contributed by atoms with van der Waals surface area (Å²) in [4.78, 5) is 12.3. The van der Waals surface area contributed by atoms with Crippen molar-refractivity contribution in [2.24, 2.45) is 17.8 Å². The van der Waals surface area contributed by atoms with Crippen molar-refractivity contribution < 1.29 is 13.9 Å². The molecule has 0 unspecified atom stereocenters. The van der Waals surface area contributed by atoms with Gasteiger partial charge in [0.25, 0.3) is 0 Å². The molecule has 0 bridgehead atoms. The van der Waals surface area contributed by atoms with E-state index in [9.17, 15) is 9.18 Å². The van der Waals surface area contributed by atoms with E-state index in [0.29, 0.717) is 5.92 Å². The molecule has 2 fully saturated rings. The maximum atomic E-state index is 12.7. The molecule has 0 aromatic heterocycles. The fourth-order valence-electron chi connectivity index (χ4n) is 3.80. The summed E-state index contributed by atoms with van der Waals surface area (Å²) in [5, 5.41) is 8.35. The zero-order chi connectivity index (χ0) is 17.4. The second kappa shape index (κ2) is 9.61. The van der Waals surface area contributed by atoms with Crippen LogP contribution in [-0.2, 0) is 9.53 Å². The molecule has 2 saturated carbocycles. The Labute approximate surface area is 144 Å². The first kappa shape index (κ1) is 18.7. The molecule has 0 heterocycles. The molecular weight excluding hydrogens is 305 g/mol. The maximum Gasteiger partial charge on any atom is 0.309 e. The van der Waals surface area contributed by atoms with Crippen molar-refractivity contribution in [2.75, 3.05) is 0 Å². The number of hydrogen-bond donors (Lipinski definition) is 0. The number of carbonyl (C=O) groups excluding carboxylic acids is 1. The molecule has 0 aromatic carbocycles. The van der Waals surface area contributed by atoms with E-state index in [0.717, 1.165) is 44.4 Å². The molecule has 0 N–H and O–H groups in total. The van der Waals surface area contributed by atoms with Gasteiger partial charge in [-0.05, 0) is 69.3 Å². The Morgan fingerprint density at radius 1 is 1.17 bits per heavy atom. The van der Waals surface area contributed by atoms with Gasteiger partial charge in [-0.15, -0.1) is 0 Å². The molecule has 4 heteroatoms. The van der Waals surface area contributed by atoms with Gasteiger partial charge in [-0.3, -0.25) is 4.79 Å². The third-order valence-corrected chi connectivity index (χ3v) is 5.49. The van der Waals surface area contributed by atoms with Crippen molar-refractivity contribution >= 4 is 5.97 Å². The highest BCUT2D eigenvalue weighted by Gasteiger charge is 2.29. The minimum Gasteiger partial charge on any atom is -0.462 e. The summed E-state index contributed by atoms with van der Waals surface area (Å²) >= 11 is 0. The van der Waals surface area contributed by atoms with Gasteiger partial charge in [0, 0.05) is 0 Å². The van der Waals surface area contributed by atoms with Crippen molar-refractivity contribution in [2.45, 2.75) is 70.8 Å². The van der Waals surface area contributed by atoms with Gasteiger partial charge in [-0.1, -0.05) is 25.5 Å². The lowest BCUT2D eigenvalue weighted by atomic mass is 9.81. The molecule has 0 radical (unpaired) electrons. The van der Waals surface area contributed by atoms with Crippen LogP contribution in [0.5, 0.6) is 0 Å². The molecule has 0 aromatic rings. The van der Waals surface area contributed by atoms with Gasteiger partial charge in [0.2, 0.25) is 0 Å². The van der Waals surface area contributed by atoms with Gasteiger partial charge in [0.1, 0.15) is 12.2 Å². The minimum absolute atomic E-state index is 0.0185. The normalized spacial score (nSPS) is 31.6. The number of halogens is 1. The average molecular weight is 333 g/mol. The van der Waals surface area contributed by atoms with Crippen LogP contribution in [0.15, 0.2) is 24.1 Å². The molecular formula is C20H28FNO2. The molecule has 24 heavy (non-hydrogen) atoms. The van der Waals surface area contributed by atoms with Crippen LogP contribution in [0.1, 0.15) is 64.7 Å². The molecule has 0 saturated heterocycles. The Morgan fingerprint density at radius 2 is 1.83 bits per heavy atom. The van der Waals surface area contributed by atoms with Gasteiger partial charge >= 0.3 is 5.97 Å². The van der Waals surface area contributed by atoms with E-state index in [1.54, 1.807) is 6.08 Å². The third-order valence-electron chi connectivity index (χ3n) is 5.49. The van der Waals surface area contributed by atoms with Crippen LogP contribution in [0.25, 0.3) is 0 Å². The molecule has 0 spiro atoms. The number of ether oxygens (including phenoxy) is 1. The highest BCUT2D eigenvalue weighted by atomic mass is 19.1. The van der Waals surface area contributed by atoms with E-state index in [-0.39, 0.29) is 18.0 Å². The number of nitrogens with zero attached hydrogens (tertiary/aromatic N) is 1. The van der Waals surface area contributed by atoms with Crippen LogP contribution in [0.3, 0.4) is 0 Å². The quantitative estimate of drug-likeness (QED) is 0.393. The zero-order valence-corrected chi connectivity index (χ0v) is 14.5. The van der Waals surface area contributed by atoms with E-state index in [1.165, 1.54) is 31.4 Å². The molecule has 0 atom stereocenters. The Bertz CT molecular complexity index is 504. The highest BCUT2D eigenvalue weighted by molar-refractivity contribution is 5.72. The molecule has 0 aliphatic heterocycles. The van der Waals surface area contributed by atoms with E-state index >= 15 is 0 Å². The van der Waals surface area contributed by atoms with E-state index in [4.69, 9.17) is 10.00 Å². The minimum atomic E-state index is -0.777. The molecule has 2 aliphatic carbocycles. The first-order chi connectivity index (χ1) is 11.6. The number of allylic oxidation sites excluding steroid dienone is 4. The van der Waals surface area contributed by atoms with E-state index < -0.39 is 5.83 Å². The maximum absolute atomic E-state index is 12.7. The van der Waals surface area contributed by atoms with Gasteiger partial charge in [0.15, 0.2) is 5.83 Å². The first-order valence-electron chi connectivity index (χ1n) is 9.27. The lowest BCUT2D eigenvalue weighted by molar-refractivity contribution is -0.157. The van der Waals surface area contributed by atoms with Crippen LogP contribution in [-0.4, -0.2) is 12.1 Å². The molecule has 3 nitrogen and oxygen atoms in total. The predicted octanol–water partition coefficient (Wildman–Crippen LogP) is 5.24. The number of hydrogen-bond acceptors (Lipinski definition) is 3. The summed E-state index contributed by atoms with van der Waals surface area (Å²) in [6.07, 6.45) is 14.0. The monoisotopic (exact) mass is 333 g/mol.